The number of carbonyl (C=O) groups is 1. The van der Waals surface area contributed by atoms with Crippen molar-refractivity contribution in [3.8, 4) is 0 Å². The minimum Gasteiger partial charge on any atom is -0.358 e. The Morgan fingerprint density at radius 2 is 2.00 bits per heavy atom. The molecule has 0 aromatic rings. The van der Waals surface area contributed by atoms with Gasteiger partial charge in [0.15, 0.2) is 0 Å². The minimum atomic E-state index is 0.127. The summed E-state index contributed by atoms with van der Waals surface area (Å²) in [5, 5.41) is 2.72. The summed E-state index contributed by atoms with van der Waals surface area (Å²) in [4.78, 5) is 18.7. The molecule has 1 N–H and O–H groups in total. The molecule has 0 saturated carbocycles. The maximum atomic E-state index is 11.5. The van der Waals surface area contributed by atoms with Crippen molar-refractivity contribution in [2.24, 2.45) is 0 Å². The van der Waals surface area contributed by atoms with Gasteiger partial charge in [-0.05, 0) is 39.5 Å². The number of hydrogen-bond acceptors (Lipinski definition) is 4. The van der Waals surface area contributed by atoms with Crippen LogP contribution in [-0.2, 0) is 4.79 Å². The van der Waals surface area contributed by atoms with Crippen molar-refractivity contribution in [3.05, 3.63) is 0 Å². The summed E-state index contributed by atoms with van der Waals surface area (Å²) >= 11 is 0. The molecule has 1 atom stereocenters. The lowest BCUT2D eigenvalue weighted by molar-refractivity contribution is -0.122. The van der Waals surface area contributed by atoms with Crippen LogP contribution in [0.15, 0.2) is 0 Å². The van der Waals surface area contributed by atoms with Gasteiger partial charge in [-0.15, -0.1) is 0 Å². The summed E-state index contributed by atoms with van der Waals surface area (Å²) in [6, 6.07) is 0.536. The quantitative estimate of drug-likeness (QED) is 0.668. The molecule has 5 heteroatoms. The predicted molar refractivity (Wildman–Crippen MR) is 83.9 cm³/mol. The normalized spacial score (nSPS) is 20.0. The van der Waals surface area contributed by atoms with Crippen LogP contribution in [0.1, 0.15) is 26.7 Å². The van der Waals surface area contributed by atoms with Crippen LogP contribution in [0, 0.1) is 0 Å². The molecule has 1 rings (SSSR count). The number of amides is 1. The van der Waals surface area contributed by atoms with Crippen LogP contribution in [-0.4, -0.2) is 86.6 Å². The van der Waals surface area contributed by atoms with Crippen LogP contribution in [0.2, 0.25) is 0 Å². The predicted octanol–water partition coefficient (Wildman–Crippen LogP) is 0.470. The van der Waals surface area contributed by atoms with Crippen LogP contribution >= 0.6 is 0 Å². The Kier molecular flexibility index (Phi) is 8.11. The number of nitrogens with one attached hydrogen (secondary N) is 1. The van der Waals surface area contributed by atoms with Gasteiger partial charge in [0.25, 0.3) is 0 Å². The van der Waals surface area contributed by atoms with Gasteiger partial charge in [-0.3, -0.25) is 9.69 Å². The van der Waals surface area contributed by atoms with Crippen LogP contribution in [0.4, 0.5) is 0 Å². The highest BCUT2D eigenvalue weighted by Gasteiger charge is 2.26. The Morgan fingerprint density at radius 3 is 2.60 bits per heavy atom. The highest BCUT2D eigenvalue weighted by molar-refractivity contribution is 5.77. The molecule has 5 nitrogen and oxygen atoms in total. The van der Waals surface area contributed by atoms with Crippen molar-refractivity contribution in [2.75, 3.05) is 59.9 Å². The third-order valence-corrected chi connectivity index (χ3v) is 4.34. The number of likely N-dealkylation sites (tertiary alicyclic amines) is 1. The maximum Gasteiger partial charge on any atom is 0.233 e. The van der Waals surface area contributed by atoms with Gasteiger partial charge < -0.3 is 15.1 Å². The Labute approximate surface area is 124 Å². The second kappa shape index (κ2) is 9.32. The minimum absolute atomic E-state index is 0.127. The van der Waals surface area contributed by atoms with Crippen LogP contribution in [0.3, 0.4) is 0 Å². The number of nitrogens with zero attached hydrogens (tertiary/aromatic N) is 3. The van der Waals surface area contributed by atoms with Crippen molar-refractivity contribution >= 4 is 5.91 Å². The summed E-state index contributed by atoms with van der Waals surface area (Å²) < 4.78 is 0. The Bertz CT molecular complexity index is 281. The van der Waals surface area contributed by atoms with E-state index in [0.717, 1.165) is 39.3 Å². The molecule has 0 aromatic carbocycles. The number of carbonyl (C=O) groups excluding carboxylic acids is 1. The molecule has 0 aliphatic carbocycles. The highest BCUT2D eigenvalue weighted by atomic mass is 16.1. The third-order valence-electron chi connectivity index (χ3n) is 4.34. The lowest BCUT2D eigenvalue weighted by atomic mass is 10.2. The van der Waals surface area contributed by atoms with Crippen LogP contribution in [0.25, 0.3) is 0 Å². The van der Waals surface area contributed by atoms with Gasteiger partial charge >= 0.3 is 0 Å². The fraction of sp³-hybridized carbons (Fsp3) is 0.933. The lowest BCUT2D eigenvalue weighted by Crippen LogP contribution is -2.44. The fourth-order valence-electron chi connectivity index (χ4n) is 2.88. The summed E-state index contributed by atoms with van der Waals surface area (Å²) in [5.74, 6) is 0.127. The van der Waals surface area contributed by atoms with Crippen molar-refractivity contribution in [1.82, 2.24) is 20.0 Å². The number of rotatable bonds is 9. The van der Waals surface area contributed by atoms with E-state index in [-0.39, 0.29) is 5.91 Å². The zero-order valence-corrected chi connectivity index (χ0v) is 13.7. The number of hydrogen-bond donors (Lipinski definition) is 1. The van der Waals surface area contributed by atoms with E-state index in [1.165, 1.54) is 12.8 Å². The van der Waals surface area contributed by atoms with Crippen molar-refractivity contribution < 1.29 is 4.79 Å². The fourth-order valence-corrected chi connectivity index (χ4v) is 2.88. The van der Waals surface area contributed by atoms with E-state index in [4.69, 9.17) is 0 Å². The standard InChI is InChI=1S/C15H32N4O/c1-5-18(6-2)11-10-17(4)12-14-8-7-9-19(14)13-15(20)16-3/h14H,5-13H2,1-4H3,(H,16,20). The van der Waals surface area contributed by atoms with Gasteiger partial charge in [0.2, 0.25) is 5.91 Å². The molecule has 118 valence electrons. The molecule has 0 bridgehead atoms. The zero-order chi connectivity index (χ0) is 15.0. The van der Waals surface area contributed by atoms with Gasteiger partial charge in [-0.1, -0.05) is 13.8 Å². The summed E-state index contributed by atoms with van der Waals surface area (Å²) in [6.07, 6.45) is 2.43. The van der Waals surface area contributed by atoms with E-state index in [2.05, 4.69) is 40.9 Å². The van der Waals surface area contributed by atoms with Gasteiger partial charge in [0.1, 0.15) is 0 Å². The lowest BCUT2D eigenvalue weighted by Gasteiger charge is -2.29. The van der Waals surface area contributed by atoms with Gasteiger partial charge in [-0.25, -0.2) is 0 Å². The molecule has 1 aliphatic rings. The van der Waals surface area contributed by atoms with Gasteiger partial charge in [0, 0.05) is 32.7 Å². The average molecular weight is 284 g/mol. The van der Waals surface area contributed by atoms with Crippen molar-refractivity contribution in [2.45, 2.75) is 32.7 Å². The first-order valence-electron chi connectivity index (χ1n) is 7.96. The Balaban J connectivity index is 2.32. The van der Waals surface area contributed by atoms with E-state index < -0.39 is 0 Å². The molecule has 1 heterocycles. The zero-order valence-electron chi connectivity index (χ0n) is 13.7. The number of likely N-dealkylation sites (N-methyl/N-ethyl adjacent to an activating group) is 3. The first-order chi connectivity index (χ1) is 9.60. The molecule has 1 aliphatic heterocycles. The molecular formula is C15H32N4O. The molecule has 1 unspecified atom stereocenters. The Hall–Kier alpha value is -0.650. The Morgan fingerprint density at radius 1 is 1.30 bits per heavy atom. The van der Waals surface area contributed by atoms with Crippen molar-refractivity contribution in [3.63, 3.8) is 0 Å². The largest absolute Gasteiger partial charge is 0.358 e. The van der Waals surface area contributed by atoms with E-state index in [0.29, 0.717) is 12.6 Å². The van der Waals surface area contributed by atoms with Crippen LogP contribution < -0.4 is 5.32 Å². The molecule has 0 radical (unpaired) electrons. The second-order valence-corrected chi connectivity index (χ2v) is 5.73. The molecule has 0 aromatic heterocycles. The van der Waals surface area contributed by atoms with E-state index in [1.54, 1.807) is 7.05 Å². The molecule has 1 amide bonds. The topological polar surface area (TPSA) is 38.8 Å². The molecule has 0 spiro atoms. The van der Waals surface area contributed by atoms with Gasteiger partial charge in [-0.2, -0.15) is 0 Å². The smallest absolute Gasteiger partial charge is 0.233 e. The average Bonchev–Trinajstić information content (AvgIpc) is 2.86. The molecule has 20 heavy (non-hydrogen) atoms. The first-order valence-corrected chi connectivity index (χ1v) is 7.96. The summed E-state index contributed by atoms with van der Waals surface area (Å²) in [6.45, 7) is 11.6. The summed E-state index contributed by atoms with van der Waals surface area (Å²) in [7, 11) is 3.91. The van der Waals surface area contributed by atoms with E-state index >= 15 is 0 Å². The van der Waals surface area contributed by atoms with E-state index in [1.807, 2.05) is 0 Å². The SMILES string of the molecule is CCN(CC)CCN(C)CC1CCCN1CC(=O)NC. The highest BCUT2D eigenvalue weighted by Crippen LogP contribution is 2.17. The van der Waals surface area contributed by atoms with E-state index in [9.17, 15) is 4.79 Å². The van der Waals surface area contributed by atoms with Gasteiger partial charge in [0.05, 0.1) is 6.54 Å². The molecular weight excluding hydrogens is 252 g/mol. The third kappa shape index (κ3) is 5.77. The second-order valence-electron chi connectivity index (χ2n) is 5.73. The molecule has 1 fully saturated rings. The maximum absolute atomic E-state index is 11.5. The molecule has 1 saturated heterocycles. The van der Waals surface area contributed by atoms with Crippen molar-refractivity contribution in [1.29, 1.82) is 0 Å². The summed E-state index contributed by atoms with van der Waals surface area (Å²) in [5.41, 5.74) is 0. The first kappa shape index (κ1) is 17.4. The van der Waals surface area contributed by atoms with Crippen LogP contribution in [0.5, 0.6) is 0 Å². The monoisotopic (exact) mass is 284 g/mol.